The van der Waals surface area contributed by atoms with E-state index < -0.39 is 7.12 Å². The molecule has 2 heterocycles. The molecule has 1 aromatic rings. The van der Waals surface area contributed by atoms with Crippen molar-refractivity contribution in [3.63, 3.8) is 0 Å². The number of rotatable bonds is 3. The molecule has 0 saturated carbocycles. The van der Waals surface area contributed by atoms with Crippen LogP contribution in [0.1, 0.15) is 5.56 Å². The zero-order valence-electron chi connectivity index (χ0n) is 14.8. The van der Waals surface area contributed by atoms with Crippen LogP contribution < -0.4 is 5.46 Å². The molecule has 0 aromatic heterocycles. The van der Waals surface area contributed by atoms with Gasteiger partial charge in [-0.2, -0.15) is 0 Å². The highest BCUT2D eigenvalue weighted by Gasteiger charge is 2.27. The van der Waals surface area contributed by atoms with Crippen molar-refractivity contribution in [2.45, 2.75) is 6.54 Å². The summed E-state index contributed by atoms with van der Waals surface area (Å²) in [4.78, 5) is 21.1. The quantitative estimate of drug-likeness (QED) is 0.677. The van der Waals surface area contributed by atoms with E-state index in [1.807, 2.05) is 21.9 Å². The van der Waals surface area contributed by atoms with Crippen molar-refractivity contribution in [1.29, 1.82) is 0 Å². The molecule has 2 aliphatic rings. The third-order valence-corrected chi connectivity index (χ3v) is 5.10. The highest BCUT2D eigenvalue weighted by molar-refractivity contribution is 6.58. The van der Waals surface area contributed by atoms with E-state index in [1.54, 1.807) is 12.1 Å². The molecule has 25 heavy (non-hydrogen) atoms. The molecule has 8 heteroatoms. The molecule has 1 aromatic carbocycles. The Morgan fingerprint density at radius 1 is 0.920 bits per heavy atom. The molecule has 0 spiro atoms. The second-order valence-corrected chi connectivity index (χ2v) is 6.95. The fourth-order valence-electron chi connectivity index (χ4n) is 3.35. The lowest BCUT2D eigenvalue weighted by atomic mass is 9.80. The molecular weight excluding hydrogens is 319 g/mol. The maximum absolute atomic E-state index is 12.6. The zero-order valence-corrected chi connectivity index (χ0v) is 14.8. The van der Waals surface area contributed by atoms with Crippen molar-refractivity contribution < 1.29 is 14.8 Å². The molecule has 2 saturated heterocycles. The van der Waals surface area contributed by atoms with Gasteiger partial charge in [-0.1, -0.05) is 24.3 Å². The van der Waals surface area contributed by atoms with Gasteiger partial charge in [0.1, 0.15) is 0 Å². The van der Waals surface area contributed by atoms with Gasteiger partial charge in [0.2, 0.25) is 0 Å². The number of benzene rings is 1. The van der Waals surface area contributed by atoms with Crippen LogP contribution in [-0.2, 0) is 6.54 Å². The van der Waals surface area contributed by atoms with Crippen LogP contribution in [0.25, 0.3) is 0 Å². The van der Waals surface area contributed by atoms with E-state index in [-0.39, 0.29) is 6.03 Å². The van der Waals surface area contributed by atoms with E-state index in [0.717, 1.165) is 64.5 Å². The number of piperazine rings is 2. The summed E-state index contributed by atoms with van der Waals surface area (Å²) in [6, 6.07) is 7.52. The highest BCUT2D eigenvalue weighted by Crippen LogP contribution is 2.11. The van der Waals surface area contributed by atoms with Crippen LogP contribution in [-0.4, -0.2) is 102 Å². The SMILES string of the molecule is CN1CCN(C(=O)N2CCN(Cc3ccc(B(O)O)cc3)CC2)CC1. The van der Waals surface area contributed by atoms with Gasteiger partial charge >= 0.3 is 13.1 Å². The van der Waals surface area contributed by atoms with Crippen LogP contribution in [0.4, 0.5) is 4.79 Å². The van der Waals surface area contributed by atoms with Gasteiger partial charge in [0.15, 0.2) is 0 Å². The largest absolute Gasteiger partial charge is 0.488 e. The first kappa shape index (κ1) is 18.2. The number of nitrogens with zero attached hydrogens (tertiary/aromatic N) is 4. The molecule has 2 amide bonds. The smallest absolute Gasteiger partial charge is 0.423 e. The first-order chi connectivity index (χ1) is 12.0. The molecule has 7 nitrogen and oxygen atoms in total. The van der Waals surface area contributed by atoms with Gasteiger partial charge in [-0.25, -0.2) is 4.79 Å². The minimum Gasteiger partial charge on any atom is -0.423 e. The summed E-state index contributed by atoms with van der Waals surface area (Å²) in [5, 5.41) is 18.3. The fourth-order valence-corrected chi connectivity index (χ4v) is 3.35. The number of hydrogen-bond donors (Lipinski definition) is 2. The molecule has 0 bridgehead atoms. The van der Waals surface area contributed by atoms with Crippen LogP contribution in [0.2, 0.25) is 0 Å². The van der Waals surface area contributed by atoms with E-state index >= 15 is 0 Å². The minimum absolute atomic E-state index is 0.175. The van der Waals surface area contributed by atoms with Gasteiger partial charge in [-0.3, -0.25) is 4.90 Å². The van der Waals surface area contributed by atoms with E-state index in [1.165, 1.54) is 0 Å². The van der Waals surface area contributed by atoms with Crippen molar-refractivity contribution in [1.82, 2.24) is 19.6 Å². The van der Waals surface area contributed by atoms with Gasteiger partial charge < -0.3 is 24.7 Å². The van der Waals surface area contributed by atoms with Crippen molar-refractivity contribution in [3.8, 4) is 0 Å². The Kier molecular flexibility index (Phi) is 5.95. The first-order valence-electron chi connectivity index (χ1n) is 8.92. The van der Waals surface area contributed by atoms with Crippen molar-refractivity contribution in [2.75, 3.05) is 59.4 Å². The lowest BCUT2D eigenvalue weighted by Gasteiger charge is -2.40. The molecule has 0 aliphatic carbocycles. The second-order valence-electron chi connectivity index (χ2n) is 6.95. The number of carbonyl (C=O) groups is 1. The minimum atomic E-state index is -1.42. The van der Waals surface area contributed by atoms with E-state index in [2.05, 4.69) is 16.8 Å². The Labute approximate surface area is 149 Å². The third-order valence-electron chi connectivity index (χ3n) is 5.10. The Morgan fingerprint density at radius 2 is 1.44 bits per heavy atom. The van der Waals surface area contributed by atoms with Gasteiger partial charge in [-0.05, 0) is 18.1 Å². The summed E-state index contributed by atoms with van der Waals surface area (Å²) in [5.74, 6) is 0. The number of carbonyl (C=O) groups excluding carboxylic acids is 1. The Balaban J connectivity index is 1.46. The molecule has 136 valence electrons. The van der Waals surface area contributed by atoms with E-state index in [4.69, 9.17) is 10.0 Å². The number of likely N-dealkylation sites (N-methyl/N-ethyl adjacent to an activating group) is 1. The van der Waals surface area contributed by atoms with Crippen molar-refractivity contribution in [3.05, 3.63) is 29.8 Å². The van der Waals surface area contributed by atoms with E-state index in [9.17, 15) is 4.79 Å². The molecule has 0 atom stereocenters. The maximum Gasteiger partial charge on any atom is 0.488 e. The molecule has 2 aliphatic heterocycles. The zero-order chi connectivity index (χ0) is 17.8. The Morgan fingerprint density at radius 3 is 1.96 bits per heavy atom. The van der Waals surface area contributed by atoms with Crippen LogP contribution in [0.15, 0.2) is 24.3 Å². The van der Waals surface area contributed by atoms with Crippen LogP contribution >= 0.6 is 0 Å². The van der Waals surface area contributed by atoms with Gasteiger partial charge in [0, 0.05) is 58.9 Å². The third kappa shape index (κ3) is 4.73. The normalized spacial score (nSPS) is 20.0. The van der Waals surface area contributed by atoms with Crippen LogP contribution in [0.5, 0.6) is 0 Å². The first-order valence-corrected chi connectivity index (χ1v) is 8.92. The van der Waals surface area contributed by atoms with Crippen molar-refractivity contribution in [2.24, 2.45) is 0 Å². The van der Waals surface area contributed by atoms with E-state index in [0.29, 0.717) is 5.46 Å². The fraction of sp³-hybridized carbons (Fsp3) is 0.588. The topological polar surface area (TPSA) is 70.5 Å². The number of amides is 2. The predicted molar refractivity (Wildman–Crippen MR) is 97.6 cm³/mol. The summed E-state index contributed by atoms with van der Waals surface area (Å²) in [6.45, 7) is 7.61. The molecule has 2 N–H and O–H groups in total. The lowest BCUT2D eigenvalue weighted by Crippen LogP contribution is -2.56. The average molecular weight is 346 g/mol. The predicted octanol–water partition coefficient (Wildman–Crippen LogP) is -1.15. The Hall–Kier alpha value is -1.61. The maximum atomic E-state index is 12.6. The molecular formula is C17H27BN4O3. The van der Waals surface area contributed by atoms with Gasteiger partial charge in [-0.15, -0.1) is 0 Å². The average Bonchev–Trinajstić information content (AvgIpc) is 2.63. The van der Waals surface area contributed by atoms with Crippen LogP contribution in [0, 0.1) is 0 Å². The Bertz CT molecular complexity index is 568. The summed E-state index contributed by atoms with van der Waals surface area (Å²) in [5.41, 5.74) is 1.65. The summed E-state index contributed by atoms with van der Waals surface area (Å²) in [6.07, 6.45) is 0. The monoisotopic (exact) mass is 346 g/mol. The van der Waals surface area contributed by atoms with Crippen molar-refractivity contribution >= 4 is 18.6 Å². The standard InChI is InChI=1S/C17H27BN4O3/c1-19-6-10-21(11-7-19)17(23)22-12-8-20(9-13-22)14-15-2-4-16(5-3-15)18(24)25/h2-5,24-25H,6-14H2,1H3. The highest BCUT2D eigenvalue weighted by atomic mass is 16.4. The molecule has 0 radical (unpaired) electrons. The molecule has 0 unspecified atom stereocenters. The summed E-state index contributed by atoms with van der Waals surface area (Å²) >= 11 is 0. The van der Waals surface area contributed by atoms with Crippen LogP contribution in [0.3, 0.4) is 0 Å². The summed E-state index contributed by atoms with van der Waals surface area (Å²) in [7, 11) is 0.673. The number of urea groups is 1. The second kappa shape index (κ2) is 8.18. The van der Waals surface area contributed by atoms with Gasteiger partial charge in [0.25, 0.3) is 0 Å². The van der Waals surface area contributed by atoms with Gasteiger partial charge in [0.05, 0.1) is 0 Å². The lowest BCUT2D eigenvalue weighted by molar-refractivity contribution is 0.0937. The summed E-state index contributed by atoms with van der Waals surface area (Å²) < 4.78 is 0. The number of hydrogen-bond acceptors (Lipinski definition) is 5. The molecule has 3 rings (SSSR count). The molecule has 2 fully saturated rings.